The number of nitrogens with zero attached hydrogens (tertiary/aromatic N) is 2. The standard InChI is InChI=1S/C27H21ClF3N3O5/c1-39-22(36)13-15-5-7-16(8-6-15)24-18-10-9-17(25(37)32-11-12-35)14-21(18)34(33-24)26(38)23-19(27(29,30)31)3-2-4-20(23)28/h2-10,14,35H,11-13H2,1H3,(H,32,37). The Balaban J connectivity index is 1.89. The van der Waals surface area contributed by atoms with Crippen molar-refractivity contribution in [3.05, 3.63) is 87.9 Å². The van der Waals surface area contributed by atoms with Gasteiger partial charge in [-0.15, -0.1) is 0 Å². The summed E-state index contributed by atoms with van der Waals surface area (Å²) in [5, 5.41) is 15.8. The van der Waals surface area contributed by atoms with E-state index in [1.165, 1.54) is 31.4 Å². The number of nitrogens with one attached hydrogen (secondary N) is 1. The van der Waals surface area contributed by atoms with E-state index in [4.69, 9.17) is 16.7 Å². The van der Waals surface area contributed by atoms with E-state index in [0.29, 0.717) is 16.5 Å². The molecule has 8 nitrogen and oxygen atoms in total. The molecular weight excluding hydrogens is 539 g/mol. The van der Waals surface area contributed by atoms with E-state index in [1.807, 2.05) is 0 Å². The number of carbonyl (C=O) groups excluding carboxylic acids is 3. The fraction of sp³-hybridized carbons (Fsp3) is 0.185. The number of halogens is 4. The average Bonchev–Trinajstić information content (AvgIpc) is 3.30. The van der Waals surface area contributed by atoms with Crippen molar-refractivity contribution in [3.63, 3.8) is 0 Å². The molecule has 0 aliphatic carbocycles. The fourth-order valence-corrected chi connectivity index (χ4v) is 4.25. The molecule has 1 aromatic heterocycles. The van der Waals surface area contributed by atoms with Crippen LogP contribution in [-0.2, 0) is 22.1 Å². The van der Waals surface area contributed by atoms with E-state index in [1.54, 1.807) is 24.3 Å². The number of hydrogen-bond donors (Lipinski definition) is 2. The molecule has 39 heavy (non-hydrogen) atoms. The van der Waals surface area contributed by atoms with Crippen LogP contribution in [0.15, 0.2) is 60.7 Å². The van der Waals surface area contributed by atoms with Crippen molar-refractivity contribution in [1.29, 1.82) is 0 Å². The Labute approximate surface area is 224 Å². The summed E-state index contributed by atoms with van der Waals surface area (Å²) in [5.41, 5.74) is -0.434. The minimum absolute atomic E-state index is 0.0210. The highest BCUT2D eigenvalue weighted by Crippen LogP contribution is 2.37. The van der Waals surface area contributed by atoms with Crippen LogP contribution in [0.1, 0.15) is 31.8 Å². The van der Waals surface area contributed by atoms with Crippen molar-refractivity contribution in [2.75, 3.05) is 20.3 Å². The van der Waals surface area contributed by atoms with Gasteiger partial charge in [-0.2, -0.15) is 23.0 Å². The van der Waals surface area contributed by atoms with E-state index >= 15 is 0 Å². The van der Waals surface area contributed by atoms with Crippen molar-refractivity contribution in [2.24, 2.45) is 0 Å². The number of rotatable bonds is 7. The predicted molar refractivity (Wildman–Crippen MR) is 136 cm³/mol. The van der Waals surface area contributed by atoms with Crippen LogP contribution in [0.2, 0.25) is 5.02 Å². The number of fused-ring (bicyclic) bond motifs is 1. The van der Waals surface area contributed by atoms with E-state index in [9.17, 15) is 27.6 Å². The Morgan fingerprint density at radius 1 is 1.08 bits per heavy atom. The molecule has 1 amide bonds. The van der Waals surface area contributed by atoms with Gasteiger partial charge in [0.2, 0.25) is 0 Å². The Morgan fingerprint density at radius 2 is 1.79 bits per heavy atom. The number of methoxy groups -OCH3 is 1. The molecule has 4 aromatic rings. The maximum Gasteiger partial charge on any atom is 0.417 e. The van der Waals surface area contributed by atoms with Crippen LogP contribution < -0.4 is 5.32 Å². The highest BCUT2D eigenvalue weighted by molar-refractivity contribution is 6.34. The van der Waals surface area contributed by atoms with Gasteiger partial charge in [0.15, 0.2) is 0 Å². The number of hydrogen-bond acceptors (Lipinski definition) is 6. The molecule has 0 bridgehead atoms. The highest BCUT2D eigenvalue weighted by atomic mass is 35.5. The van der Waals surface area contributed by atoms with Gasteiger partial charge < -0.3 is 15.2 Å². The smallest absolute Gasteiger partial charge is 0.417 e. The van der Waals surface area contributed by atoms with Gasteiger partial charge in [0.25, 0.3) is 11.8 Å². The van der Waals surface area contributed by atoms with Crippen LogP contribution >= 0.6 is 11.6 Å². The third kappa shape index (κ3) is 5.79. The first-order valence-corrected chi connectivity index (χ1v) is 11.9. The molecule has 12 heteroatoms. The van der Waals surface area contributed by atoms with Crippen molar-refractivity contribution in [1.82, 2.24) is 15.1 Å². The molecule has 2 N–H and O–H groups in total. The summed E-state index contributed by atoms with van der Waals surface area (Å²) in [6, 6.07) is 13.9. The van der Waals surface area contributed by atoms with E-state index in [-0.39, 0.29) is 36.3 Å². The normalized spacial score (nSPS) is 11.4. The Bertz CT molecular complexity index is 1570. The Morgan fingerprint density at radius 3 is 2.44 bits per heavy atom. The van der Waals surface area contributed by atoms with Crippen molar-refractivity contribution in [2.45, 2.75) is 12.6 Å². The lowest BCUT2D eigenvalue weighted by molar-refractivity contribution is -0.140. The molecule has 202 valence electrons. The lowest BCUT2D eigenvalue weighted by Crippen LogP contribution is -2.26. The van der Waals surface area contributed by atoms with Crippen molar-refractivity contribution < 1.29 is 37.4 Å². The molecule has 0 spiro atoms. The summed E-state index contributed by atoms with van der Waals surface area (Å²) in [4.78, 5) is 37.7. The van der Waals surface area contributed by atoms with Gasteiger partial charge in [-0.05, 0) is 35.9 Å². The Hall–Kier alpha value is -4.22. The molecule has 3 aromatic carbocycles. The van der Waals surface area contributed by atoms with Gasteiger partial charge in [-0.3, -0.25) is 14.4 Å². The summed E-state index contributed by atoms with van der Waals surface area (Å²) in [7, 11) is 1.27. The van der Waals surface area contributed by atoms with E-state index < -0.39 is 40.1 Å². The van der Waals surface area contributed by atoms with Crippen LogP contribution in [0.25, 0.3) is 22.2 Å². The number of benzene rings is 3. The molecular formula is C27H21ClF3N3O5. The zero-order valence-electron chi connectivity index (χ0n) is 20.4. The third-order valence-corrected chi connectivity index (χ3v) is 6.18. The van der Waals surface area contributed by atoms with Gasteiger partial charge in [0.1, 0.15) is 5.69 Å². The molecule has 0 unspecified atom stereocenters. The average molecular weight is 560 g/mol. The second-order valence-electron chi connectivity index (χ2n) is 8.39. The summed E-state index contributed by atoms with van der Waals surface area (Å²) >= 11 is 6.08. The maximum atomic E-state index is 13.8. The number of esters is 1. The number of aromatic nitrogens is 2. The van der Waals surface area contributed by atoms with Gasteiger partial charge in [0, 0.05) is 23.1 Å². The zero-order chi connectivity index (χ0) is 28.3. The minimum atomic E-state index is -4.87. The molecule has 0 aliphatic heterocycles. The number of aliphatic hydroxyl groups is 1. The zero-order valence-corrected chi connectivity index (χ0v) is 21.1. The lowest BCUT2D eigenvalue weighted by Gasteiger charge is -2.13. The largest absolute Gasteiger partial charge is 0.469 e. The van der Waals surface area contributed by atoms with Crippen LogP contribution in [0.4, 0.5) is 13.2 Å². The molecule has 0 atom stereocenters. The summed E-state index contributed by atoms with van der Waals surface area (Å²) < 4.78 is 46.8. The molecule has 0 aliphatic rings. The van der Waals surface area contributed by atoms with E-state index in [2.05, 4.69) is 15.2 Å². The Kier molecular flexibility index (Phi) is 8.03. The summed E-state index contributed by atoms with van der Waals surface area (Å²) in [5.74, 6) is -2.14. The van der Waals surface area contributed by atoms with Crippen molar-refractivity contribution >= 4 is 40.3 Å². The number of aliphatic hydroxyl groups excluding tert-OH is 1. The first kappa shape index (κ1) is 27.8. The maximum absolute atomic E-state index is 13.8. The van der Waals surface area contributed by atoms with Crippen LogP contribution in [0, 0.1) is 0 Å². The number of alkyl halides is 3. The van der Waals surface area contributed by atoms with E-state index in [0.717, 1.165) is 16.8 Å². The fourth-order valence-electron chi connectivity index (χ4n) is 4.00. The highest BCUT2D eigenvalue weighted by Gasteiger charge is 2.37. The topological polar surface area (TPSA) is 111 Å². The first-order chi connectivity index (χ1) is 18.5. The molecule has 0 saturated carbocycles. The third-order valence-electron chi connectivity index (χ3n) is 5.87. The number of amides is 1. The number of carbonyl (C=O) groups is 3. The quantitative estimate of drug-likeness (QED) is 0.323. The van der Waals surface area contributed by atoms with Crippen LogP contribution in [0.5, 0.6) is 0 Å². The van der Waals surface area contributed by atoms with Gasteiger partial charge in [0.05, 0.1) is 41.8 Å². The molecule has 0 saturated heterocycles. The van der Waals surface area contributed by atoms with Crippen molar-refractivity contribution in [3.8, 4) is 11.3 Å². The lowest BCUT2D eigenvalue weighted by atomic mass is 10.0. The van der Waals surface area contributed by atoms with Crippen LogP contribution in [0.3, 0.4) is 0 Å². The molecule has 0 fully saturated rings. The monoisotopic (exact) mass is 559 g/mol. The number of ether oxygens (including phenoxy) is 1. The molecule has 1 heterocycles. The minimum Gasteiger partial charge on any atom is -0.469 e. The second-order valence-corrected chi connectivity index (χ2v) is 8.79. The first-order valence-electron chi connectivity index (χ1n) is 11.5. The molecule has 0 radical (unpaired) electrons. The van der Waals surface area contributed by atoms with Gasteiger partial charge >= 0.3 is 12.1 Å². The summed E-state index contributed by atoms with van der Waals surface area (Å²) in [6.07, 6.45) is -4.84. The second kappa shape index (κ2) is 11.3. The van der Waals surface area contributed by atoms with Crippen LogP contribution in [-0.4, -0.2) is 52.9 Å². The SMILES string of the molecule is COC(=O)Cc1ccc(-c2nn(C(=O)c3c(Cl)cccc3C(F)(F)F)c3cc(C(=O)NCCO)ccc23)cc1. The molecule has 4 rings (SSSR count). The van der Waals surface area contributed by atoms with Gasteiger partial charge in [-0.1, -0.05) is 41.9 Å². The summed E-state index contributed by atoms with van der Waals surface area (Å²) in [6.45, 7) is -0.319. The van der Waals surface area contributed by atoms with Gasteiger partial charge in [-0.25, -0.2) is 0 Å². The predicted octanol–water partition coefficient (Wildman–Crippen LogP) is 4.50.